The highest BCUT2D eigenvalue weighted by atomic mass is 35.5. The number of anilines is 2. The van der Waals surface area contributed by atoms with Crippen molar-refractivity contribution in [3.63, 3.8) is 0 Å². The second-order valence-corrected chi connectivity index (χ2v) is 8.94. The van der Waals surface area contributed by atoms with Gasteiger partial charge >= 0.3 is 0 Å². The minimum absolute atomic E-state index is 0.0483. The van der Waals surface area contributed by atoms with E-state index in [9.17, 15) is 8.42 Å². The van der Waals surface area contributed by atoms with Crippen LogP contribution in [0.5, 0.6) is 0 Å². The molecule has 0 saturated carbocycles. The molecule has 0 amide bonds. The number of halogens is 2. The molecule has 1 N–H and O–H groups in total. The van der Waals surface area contributed by atoms with E-state index in [-0.39, 0.29) is 11.2 Å². The van der Waals surface area contributed by atoms with Crippen molar-refractivity contribution in [2.24, 2.45) is 7.05 Å². The molecule has 1 aliphatic rings. The van der Waals surface area contributed by atoms with Gasteiger partial charge in [-0.3, -0.25) is 4.68 Å². The van der Waals surface area contributed by atoms with Crippen molar-refractivity contribution >= 4 is 55.9 Å². The van der Waals surface area contributed by atoms with Crippen LogP contribution >= 0.6 is 23.2 Å². The van der Waals surface area contributed by atoms with E-state index in [1.54, 1.807) is 23.3 Å². The van der Waals surface area contributed by atoms with Crippen molar-refractivity contribution in [2.45, 2.75) is 6.04 Å². The summed E-state index contributed by atoms with van der Waals surface area (Å²) in [5, 5.41) is 8.89. The monoisotopic (exact) mass is 415 g/mol. The largest absolute Gasteiger partial charge is 0.334 e. The number of nitrogens with zero attached hydrogens (tertiary/aromatic N) is 6. The summed E-state index contributed by atoms with van der Waals surface area (Å²) in [5.74, 6) is 0.364. The van der Waals surface area contributed by atoms with Crippen LogP contribution in [0.2, 0.25) is 10.2 Å². The van der Waals surface area contributed by atoms with E-state index in [0.29, 0.717) is 35.4 Å². The van der Waals surface area contributed by atoms with Gasteiger partial charge in [-0.2, -0.15) is 14.4 Å². The van der Waals surface area contributed by atoms with Crippen molar-refractivity contribution in [3.05, 3.63) is 28.8 Å². The third-order valence-corrected chi connectivity index (χ3v) is 6.09. The van der Waals surface area contributed by atoms with Gasteiger partial charge in [0.15, 0.2) is 5.15 Å². The molecule has 3 aromatic rings. The number of sulfonamides is 1. The van der Waals surface area contributed by atoms with Crippen molar-refractivity contribution in [1.29, 1.82) is 0 Å². The molecule has 0 aromatic carbocycles. The molecule has 0 bridgehead atoms. The third kappa shape index (κ3) is 3.02. The first-order valence-corrected chi connectivity index (χ1v) is 10.3. The van der Waals surface area contributed by atoms with E-state index in [0.717, 1.165) is 5.39 Å². The highest BCUT2D eigenvalue weighted by Crippen LogP contribution is 2.30. The summed E-state index contributed by atoms with van der Waals surface area (Å²) in [6.45, 7) is 0.751. The van der Waals surface area contributed by atoms with E-state index >= 15 is 0 Å². The Bertz CT molecular complexity index is 1100. The van der Waals surface area contributed by atoms with E-state index in [2.05, 4.69) is 20.4 Å². The lowest BCUT2D eigenvalue weighted by Gasteiger charge is -2.36. The normalized spacial score (nSPS) is 16.2. The van der Waals surface area contributed by atoms with Crippen LogP contribution in [0, 0.1) is 0 Å². The Hall–Kier alpha value is -1.88. The standard InChI is InChI=1S/C14H15Cl2N7O2S/c1-21-6-10(15)9-3-17-14(19-13(9)21)18-11-7-23(20-12(11)16)8-4-22(5-8)26(2,24)25/h3,6-8H,4-5H2,1-2H3,(H,17,18,19). The van der Waals surface area contributed by atoms with Crippen LogP contribution in [0.4, 0.5) is 11.6 Å². The molecule has 3 aromatic heterocycles. The van der Waals surface area contributed by atoms with Crippen LogP contribution in [0.15, 0.2) is 18.6 Å². The highest BCUT2D eigenvalue weighted by molar-refractivity contribution is 7.88. The number of aromatic nitrogens is 5. The third-order valence-electron chi connectivity index (χ3n) is 4.27. The molecule has 138 valence electrons. The van der Waals surface area contributed by atoms with E-state index in [1.807, 2.05) is 11.6 Å². The fourth-order valence-corrected chi connectivity index (χ4v) is 4.14. The van der Waals surface area contributed by atoms with E-state index in [1.165, 1.54) is 10.6 Å². The Labute approximate surface area is 159 Å². The lowest BCUT2D eigenvalue weighted by Crippen LogP contribution is -2.50. The quantitative estimate of drug-likeness (QED) is 0.699. The van der Waals surface area contributed by atoms with Crippen LogP contribution in [-0.4, -0.2) is 56.4 Å². The van der Waals surface area contributed by atoms with Crippen LogP contribution < -0.4 is 5.32 Å². The van der Waals surface area contributed by atoms with Crippen LogP contribution in [0.3, 0.4) is 0 Å². The first-order chi connectivity index (χ1) is 12.2. The van der Waals surface area contributed by atoms with Gasteiger partial charge in [0.05, 0.1) is 34.6 Å². The van der Waals surface area contributed by atoms with Crippen molar-refractivity contribution < 1.29 is 8.42 Å². The molecular weight excluding hydrogens is 401 g/mol. The minimum Gasteiger partial charge on any atom is -0.334 e. The molecule has 0 spiro atoms. The average Bonchev–Trinajstić information content (AvgIpc) is 2.97. The predicted molar refractivity (Wildman–Crippen MR) is 99.5 cm³/mol. The van der Waals surface area contributed by atoms with Crippen molar-refractivity contribution in [3.8, 4) is 0 Å². The summed E-state index contributed by atoms with van der Waals surface area (Å²) in [6.07, 6.45) is 6.31. The maximum Gasteiger partial charge on any atom is 0.229 e. The van der Waals surface area contributed by atoms with Gasteiger partial charge in [-0.05, 0) is 0 Å². The number of fused-ring (bicyclic) bond motifs is 1. The second kappa shape index (κ2) is 6.08. The van der Waals surface area contributed by atoms with Crippen molar-refractivity contribution in [2.75, 3.05) is 24.7 Å². The zero-order valence-corrected chi connectivity index (χ0v) is 16.2. The molecule has 4 heterocycles. The van der Waals surface area contributed by atoms with Gasteiger partial charge in [0, 0.05) is 32.5 Å². The summed E-state index contributed by atoms with van der Waals surface area (Å²) in [6, 6.07) is -0.0483. The maximum absolute atomic E-state index is 11.5. The highest BCUT2D eigenvalue weighted by Gasteiger charge is 2.35. The van der Waals surface area contributed by atoms with Crippen LogP contribution in [0.25, 0.3) is 11.0 Å². The number of aryl methyl sites for hydroxylation is 1. The molecular formula is C14H15Cl2N7O2S. The lowest BCUT2D eigenvalue weighted by atomic mass is 10.2. The summed E-state index contributed by atoms with van der Waals surface area (Å²) in [5.41, 5.74) is 1.24. The molecule has 1 aliphatic heterocycles. The maximum atomic E-state index is 11.5. The van der Waals surface area contributed by atoms with E-state index < -0.39 is 10.0 Å². The zero-order valence-electron chi connectivity index (χ0n) is 13.9. The Balaban J connectivity index is 1.54. The summed E-state index contributed by atoms with van der Waals surface area (Å²) in [4.78, 5) is 8.68. The fraction of sp³-hybridized carbons (Fsp3) is 0.357. The van der Waals surface area contributed by atoms with Crippen LogP contribution in [-0.2, 0) is 17.1 Å². The Morgan fingerprint density at radius 2 is 2.00 bits per heavy atom. The Morgan fingerprint density at radius 3 is 2.69 bits per heavy atom. The van der Waals surface area contributed by atoms with Gasteiger partial charge in [0.2, 0.25) is 16.0 Å². The molecule has 0 aliphatic carbocycles. The molecule has 26 heavy (non-hydrogen) atoms. The molecule has 0 atom stereocenters. The molecule has 1 fully saturated rings. The topological polar surface area (TPSA) is 97.9 Å². The Kier molecular flexibility index (Phi) is 4.10. The SMILES string of the molecule is Cn1cc(Cl)c2cnc(Nc3cn(C4CN(S(C)(=O)=O)C4)nc3Cl)nc21. The number of hydrogen-bond donors (Lipinski definition) is 1. The fourth-order valence-electron chi connectivity index (χ4n) is 2.79. The second-order valence-electron chi connectivity index (χ2n) is 6.19. The zero-order chi connectivity index (χ0) is 18.6. The molecule has 9 nitrogen and oxygen atoms in total. The minimum atomic E-state index is -3.17. The number of nitrogens with one attached hydrogen (secondary N) is 1. The van der Waals surface area contributed by atoms with Crippen LogP contribution in [0.1, 0.15) is 6.04 Å². The van der Waals surface area contributed by atoms with Gasteiger partial charge in [-0.1, -0.05) is 23.2 Å². The molecule has 0 unspecified atom stereocenters. The Morgan fingerprint density at radius 1 is 1.27 bits per heavy atom. The molecule has 4 rings (SSSR count). The van der Waals surface area contributed by atoms with Gasteiger partial charge in [0.25, 0.3) is 0 Å². The summed E-state index contributed by atoms with van der Waals surface area (Å²) < 4.78 is 27.8. The van der Waals surface area contributed by atoms with Crippen molar-refractivity contribution in [1.82, 2.24) is 28.6 Å². The van der Waals surface area contributed by atoms with Gasteiger partial charge in [0.1, 0.15) is 5.65 Å². The molecule has 1 saturated heterocycles. The predicted octanol–water partition coefficient (Wildman–Crippen LogP) is 2.03. The molecule has 12 heteroatoms. The first kappa shape index (κ1) is 17.5. The first-order valence-electron chi connectivity index (χ1n) is 7.67. The van der Waals surface area contributed by atoms with Gasteiger partial charge in [-0.25, -0.2) is 13.4 Å². The summed E-state index contributed by atoms with van der Waals surface area (Å²) in [7, 11) is -1.32. The number of hydrogen-bond acceptors (Lipinski definition) is 6. The number of rotatable bonds is 4. The smallest absolute Gasteiger partial charge is 0.229 e. The van der Waals surface area contributed by atoms with E-state index in [4.69, 9.17) is 23.2 Å². The summed E-state index contributed by atoms with van der Waals surface area (Å²) >= 11 is 12.3. The van der Waals surface area contributed by atoms with Gasteiger partial charge < -0.3 is 9.88 Å². The molecule has 0 radical (unpaired) electrons. The lowest BCUT2D eigenvalue weighted by molar-refractivity contribution is 0.192. The average molecular weight is 416 g/mol. The van der Waals surface area contributed by atoms with Gasteiger partial charge in [-0.15, -0.1) is 0 Å².